The third kappa shape index (κ3) is 5.18. The number of halogens is 3. The van der Waals surface area contributed by atoms with Gasteiger partial charge in [-0.05, 0) is 43.4 Å². The molecule has 2 fully saturated rings. The maximum atomic E-state index is 12.5. The molecule has 12 heteroatoms. The number of fused-ring (bicyclic) bond motifs is 2. The van der Waals surface area contributed by atoms with Crippen molar-refractivity contribution in [1.82, 2.24) is 24.9 Å². The molecule has 1 saturated carbocycles. The van der Waals surface area contributed by atoms with Crippen molar-refractivity contribution in [3.63, 3.8) is 0 Å². The minimum atomic E-state index is -2.74. The van der Waals surface area contributed by atoms with E-state index in [-0.39, 0.29) is 6.04 Å². The quantitative estimate of drug-likeness (QED) is 0.335. The molecule has 1 aliphatic heterocycles. The van der Waals surface area contributed by atoms with Crippen LogP contribution >= 0.6 is 11.6 Å². The first-order valence-electron chi connectivity index (χ1n) is 12.6. The molecule has 0 bridgehead atoms. The van der Waals surface area contributed by atoms with Crippen LogP contribution in [0.3, 0.4) is 0 Å². The van der Waals surface area contributed by atoms with E-state index in [2.05, 4.69) is 34.9 Å². The van der Waals surface area contributed by atoms with Crippen molar-refractivity contribution in [2.45, 2.75) is 44.4 Å². The van der Waals surface area contributed by atoms with Crippen molar-refractivity contribution in [1.29, 1.82) is 0 Å². The molecule has 4 aromatic rings. The molecule has 6 rings (SSSR count). The summed E-state index contributed by atoms with van der Waals surface area (Å²) in [5.41, 5.74) is 3.18. The van der Waals surface area contributed by atoms with Gasteiger partial charge >= 0.3 is 6.61 Å². The van der Waals surface area contributed by atoms with E-state index in [1.807, 2.05) is 18.2 Å². The number of pyridine rings is 1. The number of hydrogen-bond acceptors (Lipinski definition) is 9. The normalized spacial score (nSPS) is 20.4. The van der Waals surface area contributed by atoms with Crippen molar-refractivity contribution in [3.05, 3.63) is 42.1 Å². The Hall–Kier alpha value is -3.28. The van der Waals surface area contributed by atoms with E-state index in [1.165, 1.54) is 0 Å². The average molecular weight is 542 g/mol. The number of nitrogens with one attached hydrogen (secondary N) is 1. The molecule has 198 valence electrons. The molecule has 1 saturated heterocycles. The minimum absolute atomic E-state index is 0.0710. The monoisotopic (exact) mass is 541 g/mol. The number of ether oxygens (including phenoxy) is 2. The summed E-state index contributed by atoms with van der Waals surface area (Å²) < 4.78 is 35.2. The second-order valence-corrected chi connectivity index (χ2v) is 9.82. The zero-order valence-electron chi connectivity index (χ0n) is 20.5. The van der Waals surface area contributed by atoms with Crippen molar-refractivity contribution < 1.29 is 18.3 Å². The molecule has 3 aromatic heterocycles. The predicted octanol–water partition coefficient (Wildman–Crippen LogP) is 5.09. The highest BCUT2D eigenvalue weighted by Gasteiger charge is 2.25. The molecular formula is C26H26ClF2N7O2. The largest absolute Gasteiger partial charge is 0.378 e. The summed E-state index contributed by atoms with van der Waals surface area (Å²) in [5.74, 6) is 1.35. The van der Waals surface area contributed by atoms with Gasteiger partial charge < -0.3 is 19.7 Å². The van der Waals surface area contributed by atoms with E-state index < -0.39 is 12.7 Å². The second kappa shape index (κ2) is 10.8. The van der Waals surface area contributed by atoms with Gasteiger partial charge in [0.1, 0.15) is 17.3 Å². The van der Waals surface area contributed by atoms with Crippen LogP contribution in [0.25, 0.3) is 32.9 Å². The third-order valence-corrected chi connectivity index (χ3v) is 7.41. The van der Waals surface area contributed by atoms with Gasteiger partial charge in [-0.25, -0.2) is 24.9 Å². The number of rotatable bonds is 6. The molecule has 38 heavy (non-hydrogen) atoms. The van der Waals surface area contributed by atoms with Gasteiger partial charge in [-0.1, -0.05) is 17.7 Å². The lowest BCUT2D eigenvalue weighted by molar-refractivity contribution is -0.169. The lowest BCUT2D eigenvalue weighted by atomic mass is 9.93. The molecular weight excluding hydrogens is 516 g/mol. The highest BCUT2D eigenvalue weighted by Crippen LogP contribution is 2.34. The smallest absolute Gasteiger partial charge is 0.345 e. The van der Waals surface area contributed by atoms with Gasteiger partial charge in [0.15, 0.2) is 0 Å². The highest BCUT2D eigenvalue weighted by atomic mass is 35.5. The highest BCUT2D eigenvalue weighted by molar-refractivity contribution is 6.34. The molecule has 1 aromatic carbocycles. The minimum Gasteiger partial charge on any atom is -0.378 e. The summed E-state index contributed by atoms with van der Waals surface area (Å²) in [6.07, 6.45) is 7.04. The van der Waals surface area contributed by atoms with Crippen molar-refractivity contribution in [2.24, 2.45) is 0 Å². The predicted molar refractivity (Wildman–Crippen MR) is 141 cm³/mol. The van der Waals surface area contributed by atoms with Crippen LogP contribution in [0, 0.1) is 0 Å². The van der Waals surface area contributed by atoms with Crippen LogP contribution in [0.5, 0.6) is 0 Å². The zero-order chi connectivity index (χ0) is 26.1. The summed E-state index contributed by atoms with van der Waals surface area (Å²) >= 11 is 6.40. The van der Waals surface area contributed by atoms with Crippen LogP contribution in [0.15, 0.2) is 36.9 Å². The Morgan fingerprint density at radius 2 is 1.82 bits per heavy atom. The van der Waals surface area contributed by atoms with Gasteiger partial charge in [-0.2, -0.15) is 8.78 Å². The first-order chi connectivity index (χ1) is 18.5. The van der Waals surface area contributed by atoms with Crippen LogP contribution < -0.4 is 10.2 Å². The van der Waals surface area contributed by atoms with E-state index in [9.17, 15) is 8.78 Å². The van der Waals surface area contributed by atoms with Gasteiger partial charge in [0.2, 0.25) is 5.95 Å². The number of morpholine rings is 1. The fourth-order valence-electron chi connectivity index (χ4n) is 5.18. The zero-order valence-corrected chi connectivity index (χ0v) is 21.2. The van der Waals surface area contributed by atoms with E-state index in [0.29, 0.717) is 60.9 Å². The summed E-state index contributed by atoms with van der Waals surface area (Å²) in [7, 11) is 0. The Morgan fingerprint density at radius 1 is 1.00 bits per heavy atom. The van der Waals surface area contributed by atoms with E-state index in [1.54, 1.807) is 18.7 Å². The number of anilines is 2. The Labute approximate surface area is 222 Å². The number of alkyl halides is 2. The standard InChI is InChI=1S/C26H26ClF2N7O2/c27-23-20-13-31-26(34-16-2-4-17(5-3-16)38-25(28)29)35-22(20)19(12-30-23)15-1-6-18-21(11-15)32-14-33-24(18)36-7-9-37-10-8-36/h1,6,11-14,16-17,25H,2-5,7-10H2,(H,31,34,35)/t16-,17-. The maximum Gasteiger partial charge on any atom is 0.345 e. The molecule has 0 amide bonds. The fourth-order valence-corrected chi connectivity index (χ4v) is 5.37. The first kappa shape index (κ1) is 25.0. The van der Waals surface area contributed by atoms with Gasteiger partial charge in [0.25, 0.3) is 0 Å². The van der Waals surface area contributed by atoms with Crippen LogP contribution in [0.2, 0.25) is 5.15 Å². The Balaban J connectivity index is 1.30. The van der Waals surface area contributed by atoms with Gasteiger partial charge in [-0.3, -0.25) is 0 Å². The molecule has 1 N–H and O–H groups in total. The van der Waals surface area contributed by atoms with Gasteiger partial charge in [0, 0.05) is 42.5 Å². The number of aromatic nitrogens is 5. The Morgan fingerprint density at radius 3 is 2.61 bits per heavy atom. The topological polar surface area (TPSA) is 98.2 Å². The molecule has 1 aliphatic carbocycles. The van der Waals surface area contributed by atoms with E-state index in [4.69, 9.17) is 21.3 Å². The molecule has 0 atom stereocenters. The van der Waals surface area contributed by atoms with E-state index >= 15 is 0 Å². The Kier molecular flexibility index (Phi) is 7.14. The Bertz CT molecular complexity index is 1450. The summed E-state index contributed by atoms with van der Waals surface area (Å²) in [6, 6.07) is 6.11. The third-order valence-electron chi connectivity index (χ3n) is 7.11. The van der Waals surface area contributed by atoms with Crippen molar-refractivity contribution >= 4 is 45.2 Å². The van der Waals surface area contributed by atoms with Gasteiger partial charge in [-0.15, -0.1) is 0 Å². The van der Waals surface area contributed by atoms with E-state index in [0.717, 1.165) is 40.9 Å². The van der Waals surface area contributed by atoms with Gasteiger partial charge in [0.05, 0.1) is 35.7 Å². The average Bonchev–Trinajstić information content (AvgIpc) is 2.94. The van der Waals surface area contributed by atoms with Crippen LogP contribution in [-0.4, -0.2) is 70.0 Å². The molecule has 0 spiro atoms. The molecule has 4 heterocycles. The van der Waals surface area contributed by atoms with Crippen molar-refractivity contribution in [3.8, 4) is 11.1 Å². The van der Waals surface area contributed by atoms with Crippen LogP contribution in [-0.2, 0) is 9.47 Å². The first-order valence-corrected chi connectivity index (χ1v) is 13.0. The molecule has 0 unspecified atom stereocenters. The lowest BCUT2D eigenvalue weighted by Gasteiger charge is -2.28. The second-order valence-electron chi connectivity index (χ2n) is 9.46. The summed E-state index contributed by atoms with van der Waals surface area (Å²) in [6.45, 7) is 0.179. The summed E-state index contributed by atoms with van der Waals surface area (Å²) in [4.78, 5) is 24.9. The number of hydrogen-bond donors (Lipinski definition) is 1. The maximum absolute atomic E-state index is 12.5. The SMILES string of the molecule is FC(F)O[C@H]1CC[C@H](Nc2ncc3c(Cl)ncc(-c4ccc5c(N6CCOCC6)ncnc5c4)c3n2)CC1. The number of benzene rings is 1. The summed E-state index contributed by atoms with van der Waals surface area (Å²) in [5, 5.41) is 5.28. The van der Waals surface area contributed by atoms with Crippen molar-refractivity contribution in [2.75, 3.05) is 36.5 Å². The molecule has 2 aliphatic rings. The fraction of sp³-hybridized carbons (Fsp3) is 0.423. The van der Waals surface area contributed by atoms with Crippen LogP contribution in [0.4, 0.5) is 20.5 Å². The lowest BCUT2D eigenvalue weighted by Crippen LogP contribution is -2.36. The molecule has 0 radical (unpaired) electrons. The molecule has 9 nitrogen and oxygen atoms in total. The van der Waals surface area contributed by atoms with Crippen LogP contribution in [0.1, 0.15) is 25.7 Å². The number of nitrogens with zero attached hydrogens (tertiary/aromatic N) is 6.